The third-order valence-electron chi connectivity index (χ3n) is 1.90. The van der Waals surface area contributed by atoms with Gasteiger partial charge in [-0.2, -0.15) is 0 Å². The Balaban J connectivity index is 3.07. The molecular weight excluding hydrogens is 268 g/mol. The molecule has 0 rings (SSSR count). The molecule has 0 N–H and O–H groups in total. The smallest absolute Gasteiger partial charge is 0.00676 e. The fraction of sp³-hybridized carbons (Fsp3) is 1.00. The lowest BCUT2D eigenvalue weighted by atomic mass is 10.0. The molecule has 0 aliphatic rings. The zero-order chi connectivity index (χ0) is 8.53. The third kappa shape index (κ3) is 7.32. The van der Waals surface area contributed by atoms with Crippen molar-refractivity contribution in [1.82, 2.24) is 0 Å². The first-order valence-electron chi connectivity index (χ1n) is 4.47. The molecule has 0 bridgehead atoms. The van der Waals surface area contributed by atoms with Gasteiger partial charge in [-0.3, -0.25) is 0 Å². The van der Waals surface area contributed by atoms with E-state index in [0.717, 1.165) is 16.6 Å². The molecule has 0 radical (unpaired) electrons. The quantitative estimate of drug-likeness (QED) is 0.482. The zero-order valence-electron chi connectivity index (χ0n) is 7.28. The predicted octanol–water partition coefficient (Wildman–Crippen LogP) is 4.36. The van der Waals surface area contributed by atoms with Crippen LogP contribution >= 0.6 is 31.9 Å². The minimum absolute atomic E-state index is 0.840. The Hall–Kier alpha value is 0.960. The average Bonchev–Trinajstić information content (AvgIpc) is 2.05. The summed E-state index contributed by atoms with van der Waals surface area (Å²) in [6.07, 6.45) is 6.92. The summed E-state index contributed by atoms with van der Waals surface area (Å²) in [5.74, 6) is 0.840. The molecule has 0 aliphatic heterocycles. The highest BCUT2D eigenvalue weighted by Gasteiger charge is 2.03. The van der Waals surface area contributed by atoms with E-state index in [4.69, 9.17) is 0 Å². The normalized spacial score (nSPS) is 10.9. The fourth-order valence-corrected chi connectivity index (χ4v) is 2.78. The van der Waals surface area contributed by atoms with Crippen LogP contribution in [0.3, 0.4) is 0 Å². The van der Waals surface area contributed by atoms with Gasteiger partial charge in [0.2, 0.25) is 0 Å². The van der Waals surface area contributed by atoms with E-state index in [-0.39, 0.29) is 0 Å². The molecule has 0 aromatic rings. The maximum atomic E-state index is 3.52. The molecule has 0 atom stereocenters. The molecule has 0 nitrogen and oxygen atoms in total. The summed E-state index contributed by atoms with van der Waals surface area (Å²) in [5.41, 5.74) is 0. The van der Waals surface area contributed by atoms with E-state index >= 15 is 0 Å². The van der Waals surface area contributed by atoms with Crippen molar-refractivity contribution in [1.29, 1.82) is 0 Å². The second-order valence-electron chi connectivity index (χ2n) is 3.02. The van der Waals surface area contributed by atoms with Gasteiger partial charge >= 0.3 is 0 Å². The van der Waals surface area contributed by atoms with Gasteiger partial charge in [0.05, 0.1) is 0 Å². The lowest BCUT2D eigenvalue weighted by Crippen LogP contribution is -2.02. The van der Waals surface area contributed by atoms with Gasteiger partial charge in [-0.25, -0.2) is 0 Å². The molecule has 0 aliphatic carbocycles. The van der Waals surface area contributed by atoms with E-state index in [0.29, 0.717) is 0 Å². The summed E-state index contributed by atoms with van der Waals surface area (Å²) in [4.78, 5) is 0. The molecule has 0 unspecified atom stereocenters. The molecule has 0 aromatic heterocycles. The van der Waals surface area contributed by atoms with E-state index in [1.54, 1.807) is 0 Å². The van der Waals surface area contributed by atoms with Gasteiger partial charge in [-0.05, 0) is 12.3 Å². The van der Waals surface area contributed by atoms with Crippen molar-refractivity contribution in [2.45, 2.75) is 39.0 Å². The monoisotopic (exact) mass is 284 g/mol. The molecule has 0 spiro atoms. The lowest BCUT2D eigenvalue weighted by molar-refractivity contribution is 0.541. The zero-order valence-corrected chi connectivity index (χ0v) is 10.5. The van der Waals surface area contributed by atoms with Crippen LogP contribution in [0.2, 0.25) is 0 Å². The van der Waals surface area contributed by atoms with Crippen molar-refractivity contribution in [3.05, 3.63) is 0 Å². The number of hydrogen-bond donors (Lipinski definition) is 0. The van der Waals surface area contributed by atoms with E-state index in [2.05, 4.69) is 38.8 Å². The largest absolute Gasteiger partial charge is 0.0925 e. The highest BCUT2D eigenvalue weighted by atomic mass is 79.9. The van der Waals surface area contributed by atoms with Gasteiger partial charge in [0.1, 0.15) is 0 Å². The minimum Gasteiger partial charge on any atom is -0.0925 e. The third-order valence-corrected chi connectivity index (χ3v) is 3.73. The summed E-state index contributed by atoms with van der Waals surface area (Å²) in [5, 5.41) is 2.29. The Morgan fingerprint density at radius 2 is 1.64 bits per heavy atom. The van der Waals surface area contributed by atoms with Crippen molar-refractivity contribution in [2.24, 2.45) is 5.92 Å². The van der Waals surface area contributed by atoms with Crippen LogP contribution in [0.5, 0.6) is 0 Å². The first kappa shape index (κ1) is 12.0. The standard InChI is InChI=1S/C9H18Br2/c1-2-3-4-5-6-9(7-10)8-11/h9H,2-8H2,1H3. The van der Waals surface area contributed by atoms with E-state index < -0.39 is 0 Å². The molecule has 11 heavy (non-hydrogen) atoms. The Kier molecular flexibility index (Phi) is 9.84. The van der Waals surface area contributed by atoms with Gasteiger partial charge in [-0.1, -0.05) is 64.5 Å². The number of rotatable bonds is 7. The van der Waals surface area contributed by atoms with Crippen molar-refractivity contribution in [2.75, 3.05) is 10.7 Å². The number of halogens is 2. The lowest BCUT2D eigenvalue weighted by Gasteiger charge is -2.08. The van der Waals surface area contributed by atoms with Crippen LogP contribution in [-0.2, 0) is 0 Å². The first-order chi connectivity index (χ1) is 5.35. The maximum Gasteiger partial charge on any atom is 0.00676 e. The molecular formula is C9H18Br2. The molecule has 0 fully saturated rings. The Labute approximate surface area is 87.4 Å². The number of alkyl halides is 2. The van der Waals surface area contributed by atoms with Crippen LogP contribution < -0.4 is 0 Å². The predicted molar refractivity (Wildman–Crippen MR) is 59.8 cm³/mol. The molecule has 2 heteroatoms. The fourth-order valence-electron chi connectivity index (χ4n) is 1.06. The summed E-state index contributed by atoms with van der Waals surface area (Å²) in [7, 11) is 0. The van der Waals surface area contributed by atoms with Crippen LogP contribution in [0.15, 0.2) is 0 Å². The van der Waals surface area contributed by atoms with Crippen molar-refractivity contribution >= 4 is 31.9 Å². The molecule has 0 saturated carbocycles. The number of unbranched alkanes of at least 4 members (excludes halogenated alkanes) is 3. The Morgan fingerprint density at radius 1 is 1.00 bits per heavy atom. The first-order valence-corrected chi connectivity index (χ1v) is 6.71. The van der Waals surface area contributed by atoms with Crippen LogP contribution in [0.1, 0.15) is 39.0 Å². The number of hydrogen-bond acceptors (Lipinski definition) is 0. The Morgan fingerprint density at radius 3 is 2.09 bits per heavy atom. The summed E-state index contributed by atoms with van der Waals surface area (Å²) in [6, 6.07) is 0. The van der Waals surface area contributed by atoms with Crippen LogP contribution in [-0.4, -0.2) is 10.7 Å². The van der Waals surface area contributed by atoms with E-state index in [1.807, 2.05) is 0 Å². The van der Waals surface area contributed by atoms with Crippen molar-refractivity contribution < 1.29 is 0 Å². The molecule has 0 aromatic carbocycles. The van der Waals surface area contributed by atoms with E-state index in [9.17, 15) is 0 Å². The van der Waals surface area contributed by atoms with Gasteiger partial charge in [-0.15, -0.1) is 0 Å². The van der Waals surface area contributed by atoms with Crippen molar-refractivity contribution in [3.8, 4) is 0 Å². The van der Waals surface area contributed by atoms with Gasteiger partial charge in [0.25, 0.3) is 0 Å². The van der Waals surface area contributed by atoms with Crippen LogP contribution in [0.4, 0.5) is 0 Å². The topological polar surface area (TPSA) is 0 Å². The van der Waals surface area contributed by atoms with Gasteiger partial charge < -0.3 is 0 Å². The van der Waals surface area contributed by atoms with E-state index in [1.165, 1.54) is 32.1 Å². The maximum absolute atomic E-state index is 3.52. The highest BCUT2D eigenvalue weighted by molar-refractivity contribution is 9.09. The summed E-state index contributed by atoms with van der Waals surface area (Å²) in [6.45, 7) is 2.26. The molecule has 0 amide bonds. The van der Waals surface area contributed by atoms with Crippen LogP contribution in [0, 0.1) is 5.92 Å². The van der Waals surface area contributed by atoms with Crippen LogP contribution in [0.25, 0.3) is 0 Å². The average molecular weight is 286 g/mol. The molecule has 68 valence electrons. The minimum atomic E-state index is 0.840. The van der Waals surface area contributed by atoms with Crippen molar-refractivity contribution in [3.63, 3.8) is 0 Å². The summed E-state index contributed by atoms with van der Waals surface area (Å²) < 4.78 is 0. The van der Waals surface area contributed by atoms with Gasteiger partial charge in [0.15, 0.2) is 0 Å². The molecule has 0 heterocycles. The second kappa shape index (κ2) is 9.05. The molecule has 0 saturated heterocycles. The second-order valence-corrected chi connectivity index (χ2v) is 4.32. The Bertz CT molecular complexity index is 70.0. The highest BCUT2D eigenvalue weighted by Crippen LogP contribution is 2.15. The summed E-state index contributed by atoms with van der Waals surface area (Å²) >= 11 is 7.03. The van der Waals surface area contributed by atoms with Gasteiger partial charge in [0, 0.05) is 10.7 Å². The SMILES string of the molecule is CCCCCCC(CBr)CBr.